The van der Waals surface area contributed by atoms with Gasteiger partial charge in [0.25, 0.3) is 0 Å². The summed E-state index contributed by atoms with van der Waals surface area (Å²) in [5.74, 6) is 0. The van der Waals surface area contributed by atoms with Crippen LogP contribution in [0.4, 0.5) is 0 Å². The average Bonchev–Trinajstić information content (AvgIpc) is 2.44. The van der Waals surface area contributed by atoms with E-state index in [-0.39, 0.29) is 5.41 Å². The minimum atomic E-state index is 0.121. The van der Waals surface area contributed by atoms with Crippen LogP contribution in [0, 0.1) is 6.92 Å². The Labute approximate surface area is 127 Å². The molecule has 0 aliphatic rings. The van der Waals surface area contributed by atoms with Gasteiger partial charge in [0, 0.05) is 23.5 Å². The second-order valence-electron chi connectivity index (χ2n) is 5.94. The van der Waals surface area contributed by atoms with Crippen molar-refractivity contribution in [2.24, 2.45) is 0 Å². The van der Waals surface area contributed by atoms with Crippen molar-refractivity contribution in [3.05, 3.63) is 70.2 Å². The molecule has 0 spiro atoms. The van der Waals surface area contributed by atoms with E-state index in [0.29, 0.717) is 0 Å². The van der Waals surface area contributed by atoms with Crippen molar-refractivity contribution in [3.8, 4) is 0 Å². The van der Waals surface area contributed by atoms with E-state index in [1.807, 2.05) is 13.0 Å². The van der Waals surface area contributed by atoms with Gasteiger partial charge in [-0.2, -0.15) is 0 Å². The number of benzene rings is 2. The summed E-state index contributed by atoms with van der Waals surface area (Å²) in [5.41, 5.74) is 3.83. The van der Waals surface area contributed by atoms with Crippen LogP contribution in [0.5, 0.6) is 0 Å². The van der Waals surface area contributed by atoms with Crippen LogP contribution in [0.2, 0.25) is 5.02 Å². The summed E-state index contributed by atoms with van der Waals surface area (Å²) in [5, 5.41) is 4.37. The lowest BCUT2D eigenvalue weighted by Crippen LogP contribution is -2.32. The predicted molar refractivity (Wildman–Crippen MR) is 87.4 cm³/mol. The Morgan fingerprint density at radius 1 is 1.05 bits per heavy atom. The molecule has 1 N–H and O–H groups in total. The maximum Gasteiger partial charge on any atom is 0.0438 e. The summed E-state index contributed by atoms with van der Waals surface area (Å²) < 4.78 is 0. The molecule has 106 valence electrons. The zero-order valence-corrected chi connectivity index (χ0v) is 13.2. The molecule has 2 aromatic rings. The first-order valence-corrected chi connectivity index (χ1v) is 7.38. The van der Waals surface area contributed by atoms with Crippen LogP contribution in [0.1, 0.15) is 30.5 Å². The first-order chi connectivity index (χ1) is 9.49. The zero-order valence-electron chi connectivity index (χ0n) is 12.4. The van der Waals surface area contributed by atoms with Crippen LogP contribution in [-0.4, -0.2) is 6.54 Å². The third-order valence-corrected chi connectivity index (χ3v) is 4.09. The SMILES string of the molecule is Cc1ccc(CNCC(C)(C)c2ccccc2)cc1Cl. The van der Waals surface area contributed by atoms with Gasteiger partial charge in [-0.25, -0.2) is 0 Å². The molecule has 2 heteroatoms. The maximum absolute atomic E-state index is 6.15. The van der Waals surface area contributed by atoms with Crippen molar-refractivity contribution in [2.45, 2.75) is 32.7 Å². The van der Waals surface area contributed by atoms with Crippen LogP contribution in [0.15, 0.2) is 48.5 Å². The van der Waals surface area contributed by atoms with Crippen LogP contribution in [0.3, 0.4) is 0 Å². The summed E-state index contributed by atoms with van der Waals surface area (Å²) in [6.45, 7) is 8.33. The molecule has 20 heavy (non-hydrogen) atoms. The van der Waals surface area contributed by atoms with Crippen LogP contribution < -0.4 is 5.32 Å². The normalized spacial score (nSPS) is 11.6. The molecule has 0 saturated heterocycles. The maximum atomic E-state index is 6.15. The predicted octanol–water partition coefficient (Wildman–Crippen LogP) is 4.72. The minimum Gasteiger partial charge on any atom is -0.312 e. The van der Waals surface area contributed by atoms with Crippen LogP contribution >= 0.6 is 11.6 Å². The molecule has 0 aliphatic heterocycles. The number of rotatable bonds is 5. The van der Waals surface area contributed by atoms with Gasteiger partial charge in [-0.1, -0.05) is 67.9 Å². The fraction of sp³-hybridized carbons (Fsp3) is 0.333. The van der Waals surface area contributed by atoms with Crippen molar-refractivity contribution < 1.29 is 0 Å². The number of aryl methyl sites for hydroxylation is 1. The highest BCUT2D eigenvalue weighted by Gasteiger charge is 2.19. The van der Waals surface area contributed by atoms with E-state index in [0.717, 1.165) is 23.7 Å². The highest BCUT2D eigenvalue weighted by atomic mass is 35.5. The molecule has 0 heterocycles. The number of nitrogens with one attached hydrogen (secondary N) is 1. The smallest absolute Gasteiger partial charge is 0.0438 e. The molecule has 0 radical (unpaired) electrons. The molecule has 0 fully saturated rings. The van der Waals surface area contributed by atoms with Crippen molar-refractivity contribution in [2.75, 3.05) is 6.54 Å². The molecular formula is C18H22ClN. The van der Waals surface area contributed by atoms with Gasteiger partial charge in [-0.05, 0) is 29.7 Å². The van der Waals surface area contributed by atoms with Gasteiger partial charge < -0.3 is 5.32 Å². The first kappa shape index (κ1) is 15.1. The summed E-state index contributed by atoms with van der Waals surface area (Å²) in [7, 11) is 0. The molecule has 0 unspecified atom stereocenters. The molecular weight excluding hydrogens is 266 g/mol. The Bertz CT molecular complexity index is 561. The van der Waals surface area contributed by atoms with Gasteiger partial charge in [0.15, 0.2) is 0 Å². The van der Waals surface area contributed by atoms with Crippen molar-refractivity contribution in [1.82, 2.24) is 5.32 Å². The van der Waals surface area contributed by atoms with E-state index in [1.165, 1.54) is 11.1 Å². The lowest BCUT2D eigenvalue weighted by Gasteiger charge is -2.25. The third-order valence-electron chi connectivity index (χ3n) is 3.69. The van der Waals surface area contributed by atoms with Gasteiger partial charge in [0.1, 0.15) is 0 Å². The lowest BCUT2D eigenvalue weighted by atomic mass is 9.84. The number of hydrogen-bond donors (Lipinski definition) is 1. The van der Waals surface area contributed by atoms with Gasteiger partial charge in [0.05, 0.1) is 0 Å². The summed E-state index contributed by atoms with van der Waals surface area (Å²) in [6, 6.07) is 16.9. The molecule has 0 atom stereocenters. The van der Waals surface area contributed by atoms with Crippen molar-refractivity contribution in [3.63, 3.8) is 0 Å². The second-order valence-corrected chi connectivity index (χ2v) is 6.34. The molecule has 2 rings (SSSR count). The van der Waals surface area contributed by atoms with E-state index >= 15 is 0 Å². The van der Waals surface area contributed by atoms with E-state index in [2.05, 4.69) is 61.6 Å². The van der Waals surface area contributed by atoms with Gasteiger partial charge in [-0.3, -0.25) is 0 Å². The Hall–Kier alpha value is -1.31. The molecule has 2 aromatic carbocycles. The fourth-order valence-electron chi connectivity index (χ4n) is 2.26. The third kappa shape index (κ3) is 3.84. The summed E-state index contributed by atoms with van der Waals surface area (Å²) in [6.07, 6.45) is 0. The van der Waals surface area contributed by atoms with Crippen LogP contribution in [0.25, 0.3) is 0 Å². The first-order valence-electron chi connectivity index (χ1n) is 7.00. The monoisotopic (exact) mass is 287 g/mol. The Morgan fingerprint density at radius 2 is 1.75 bits per heavy atom. The van der Waals surface area contributed by atoms with Gasteiger partial charge in [-0.15, -0.1) is 0 Å². The highest BCUT2D eigenvalue weighted by molar-refractivity contribution is 6.31. The minimum absolute atomic E-state index is 0.121. The molecule has 1 nitrogen and oxygen atoms in total. The van der Waals surface area contributed by atoms with Crippen molar-refractivity contribution >= 4 is 11.6 Å². The zero-order chi connectivity index (χ0) is 14.6. The van der Waals surface area contributed by atoms with Gasteiger partial charge >= 0.3 is 0 Å². The average molecular weight is 288 g/mol. The Kier molecular flexibility index (Phi) is 4.85. The lowest BCUT2D eigenvalue weighted by molar-refractivity contribution is 0.469. The van der Waals surface area contributed by atoms with E-state index < -0.39 is 0 Å². The largest absolute Gasteiger partial charge is 0.312 e. The molecule has 0 saturated carbocycles. The fourth-order valence-corrected chi connectivity index (χ4v) is 2.46. The Morgan fingerprint density at radius 3 is 2.40 bits per heavy atom. The van der Waals surface area contributed by atoms with Crippen LogP contribution in [-0.2, 0) is 12.0 Å². The standard InChI is InChI=1S/C18H22ClN/c1-14-9-10-15(11-17(14)19)12-20-13-18(2,3)16-7-5-4-6-8-16/h4-11,20H,12-13H2,1-3H3. The van der Waals surface area contributed by atoms with E-state index in [9.17, 15) is 0 Å². The highest BCUT2D eigenvalue weighted by Crippen LogP contribution is 2.22. The summed E-state index contributed by atoms with van der Waals surface area (Å²) >= 11 is 6.15. The number of halogens is 1. The number of hydrogen-bond acceptors (Lipinski definition) is 1. The summed E-state index contributed by atoms with van der Waals surface area (Å²) in [4.78, 5) is 0. The quantitative estimate of drug-likeness (QED) is 0.839. The molecule has 0 aromatic heterocycles. The Balaban J connectivity index is 1.93. The molecule has 0 bridgehead atoms. The van der Waals surface area contributed by atoms with E-state index in [4.69, 9.17) is 11.6 Å². The van der Waals surface area contributed by atoms with Crippen molar-refractivity contribution in [1.29, 1.82) is 0 Å². The molecule has 0 aliphatic carbocycles. The van der Waals surface area contributed by atoms with E-state index in [1.54, 1.807) is 0 Å². The topological polar surface area (TPSA) is 12.0 Å². The second kappa shape index (κ2) is 6.43. The molecule has 0 amide bonds. The van der Waals surface area contributed by atoms with Gasteiger partial charge in [0.2, 0.25) is 0 Å².